The maximum atomic E-state index is 12.7. The first-order chi connectivity index (χ1) is 9.26. The van der Waals surface area contributed by atoms with E-state index in [1.54, 1.807) is 19.9 Å². The van der Waals surface area contributed by atoms with E-state index in [0.29, 0.717) is 12.0 Å². The molecule has 0 aromatic heterocycles. The van der Waals surface area contributed by atoms with Gasteiger partial charge in [0.15, 0.2) is 4.90 Å². The van der Waals surface area contributed by atoms with Crippen LogP contribution in [-0.4, -0.2) is 36.3 Å². The molecule has 7 nitrogen and oxygen atoms in total. The van der Waals surface area contributed by atoms with Crippen molar-refractivity contribution < 1.29 is 13.3 Å². The summed E-state index contributed by atoms with van der Waals surface area (Å²) in [7, 11) is -3.92. The first kappa shape index (κ1) is 14.9. The Morgan fingerprint density at radius 3 is 2.60 bits per heavy atom. The molecule has 110 valence electrons. The highest BCUT2D eigenvalue weighted by Crippen LogP contribution is 2.33. The lowest BCUT2D eigenvalue weighted by Gasteiger charge is -2.23. The highest BCUT2D eigenvalue weighted by atomic mass is 32.2. The van der Waals surface area contributed by atoms with E-state index in [0.717, 1.165) is 0 Å². The molecule has 2 atom stereocenters. The first-order valence-electron chi connectivity index (χ1n) is 6.28. The molecule has 1 heterocycles. The molecule has 1 aromatic rings. The van der Waals surface area contributed by atoms with E-state index in [2.05, 4.69) is 0 Å². The second kappa shape index (κ2) is 5.12. The van der Waals surface area contributed by atoms with Crippen LogP contribution in [0, 0.1) is 17.0 Å². The number of nitrogens with two attached hydrogens (primary N) is 1. The molecule has 2 unspecified atom stereocenters. The molecule has 0 saturated carbocycles. The summed E-state index contributed by atoms with van der Waals surface area (Å²) >= 11 is 0. The number of nitrogens with zero attached hydrogens (tertiary/aromatic N) is 2. The van der Waals surface area contributed by atoms with Gasteiger partial charge in [0.1, 0.15) is 0 Å². The lowest BCUT2D eigenvalue weighted by molar-refractivity contribution is -0.387. The van der Waals surface area contributed by atoms with Gasteiger partial charge in [-0.25, -0.2) is 8.42 Å². The van der Waals surface area contributed by atoms with Gasteiger partial charge >= 0.3 is 0 Å². The van der Waals surface area contributed by atoms with E-state index in [1.807, 2.05) is 0 Å². The third-order valence-electron chi connectivity index (χ3n) is 3.71. The molecule has 0 spiro atoms. The van der Waals surface area contributed by atoms with Gasteiger partial charge in [-0.2, -0.15) is 4.31 Å². The Labute approximate surface area is 117 Å². The van der Waals surface area contributed by atoms with Crippen molar-refractivity contribution >= 4 is 15.7 Å². The predicted molar refractivity (Wildman–Crippen MR) is 73.8 cm³/mol. The molecule has 8 heteroatoms. The fourth-order valence-electron chi connectivity index (χ4n) is 2.51. The Bertz CT molecular complexity index is 644. The van der Waals surface area contributed by atoms with Gasteiger partial charge in [-0.3, -0.25) is 10.1 Å². The number of sulfonamides is 1. The molecular formula is C12H17N3O4S. The van der Waals surface area contributed by atoms with Crippen molar-refractivity contribution in [3.8, 4) is 0 Å². The van der Waals surface area contributed by atoms with Crippen LogP contribution < -0.4 is 5.73 Å². The SMILES string of the molecule is Cc1cccc([N+](=O)[O-])c1S(=O)(=O)N1CCC(N)C1C. The Morgan fingerprint density at radius 2 is 2.10 bits per heavy atom. The summed E-state index contributed by atoms with van der Waals surface area (Å²) in [5.74, 6) is 0. The quantitative estimate of drug-likeness (QED) is 0.662. The minimum atomic E-state index is -3.92. The highest BCUT2D eigenvalue weighted by molar-refractivity contribution is 7.89. The lowest BCUT2D eigenvalue weighted by atomic mass is 10.2. The van der Waals surface area contributed by atoms with Crippen molar-refractivity contribution in [3.63, 3.8) is 0 Å². The fraction of sp³-hybridized carbons (Fsp3) is 0.500. The minimum absolute atomic E-state index is 0.231. The maximum Gasteiger partial charge on any atom is 0.289 e. The van der Waals surface area contributed by atoms with Crippen LogP contribution in [0.15, 0.2) is 23.1 Å². The highest BCUT2D eigenvalue weighted by Gasteiger charge is 2.40. The molecule has 2 N–H and O–H groups in total. The zero-order chi connectivity index (χ0) is 15.1. The zero-order valence-electron chi connectivity index (χ0n) is 11.3. The molecule has 1 saturated heterocycles. The maximum absolute atomic E-state index is 12.7. The molecule has 2 rings (SSSR count). The monoisotopic (exact) mass is 299 g/mol. The Morgan fingerprint density at radius 1 is 1.45 bits per heavy atom. The molecule has 0 amide bonds. The van der Waals surface area contributed by atoms with Gasteiger partial charge in [0, 0.05) is 24.7 Å². The Balaban J connectivity index is 2.59. The summed E-state index contributed by atoms with van der Waals surface area (Å²) < 4.78 is 26.7. The summed E-state index contributed by atoms with van der Waals surface area (Å²) in [4.78, 5) is 10.2. The molecule has 1 aromatic carbocycles. The molecule has 0 aliphatic carbocycles. The minimum Gasteiger partial charge on any atom is -0.326 e. The number of hydrogen-bond donors (Lipinski definition) is 1. The molecule has 1 aliphatic heterocycles. The van der Waals surface area contributed by atoms with Gasteiger partial charge in [0.05, 0.1) is 4.92 Å². The number of rotatable bonds is 3. The third-order valence-corrected chi connectivity index (χ3v) is 5.89. The van der Waals surface area contributed by atoms with E-state index in [4.69, 9.17) is 5.73 Å². The Kier molecular flexibility index (Phi) is 3.81. The average Bonchev–Trinajstić information content (AvgIpc) is 2.69. The average molecular weight is 299 g/mol. The van der Waals surface area contributed by atoms with Crippen LogP contribution in [-0.2, 0) is 10.0 Å². The van der Waals surface area contributed by atoms with Crippen LogP contribution in [0.4, 0.5) is 5.69 Å². The summed E-state index contributed by atoms with van der Waals surface area (Å²) in [5, 5.41) is 11.1. The molecular weight excluding hydrogens is 282 g/mol. The van der Waals surface area contributed by atoms with Crippen LogP contribution in [0.2, 0.25) is 0 Å². The van der Waals surface area contributed by atoms with Gasteiger partial charge in [-0.1, -0.05) is 12.1 Å². The fourth-order valence-corrected chi connectivity index (χ4v) is 4.56. The van der Waals surface area contributed by atoms with Gasteiger partial charge in [-0.05, 0) is 25.8 Å². The second-order valence-corrected chi connectivity index (χ2v) is 6.82. The van der Waals surface area contributed by atoms with E-state index in [9.17, 15) is 18.5 Å². The van der Waals surface area contributed by atoms with Gasteiger partial charge < -0.3 is 5.73 Å². The van der Waals surface area contributed by atoms with Gasteiger partial charge in [0.25, 0.3) is 5.69 Å². The standard InChI is InChI=1S/C12H17N3O4S/c1-8-4-3-5-11(15(16)17)12(8)20(18,19)14-7-6-10(13)9(14)2/h3-5,9-10H,6-7,13H2,1-2H3. The van der Waals surface area contributed by atoms with Crippen LogP contribution in [0.5, 0.6) is 0 Å². The molecule has 1 aliphatic rings. The smallest absolute Gasteiger partial charge is 0.289 e. The van der Waals surface area contributed by atoms with Crippen LogP contribution >= 0.6 is 0 Å². The summed E-state index contributed by atoms with van der Waals surface area (Å²) in [6.07, 6.45) is 0.556. The first-order valence-corrected chi connectivity index (χ1v) is 7.72. The zero-order valence-corrected chi connectivity index (χ0v) is 12.1. The largest absolute Gasteiger partial charge is 0.326 e. The summed E-state index contributed by atoms with van der Waals surface area (Å²) in [6.45, 7) is 3.57. The van der Waals surface area contributed by atoms with E-state index >= 15 is 0 Å². The summed E-state index contributed by atoms with van der Waals surface area (Å²) in [6, 6.07) is 3.64. The topological polar surface area (TPSA) is 107 Å². The number of nitro benzene ring substituents is 1. The predicted octanol–water partition coefficient (Wildman–Crippen LogP) is 1.01. The summed E-state index contributed by atoms with van der Waals surface area (Å²) in [5.41, 5.74) is 5.82. The van der Waals surface area contributed by atoms with Crippen LogP contribution in [0.3, 0.4) is 0 Å². The van der Waals surface area contributed by atoms with Gasteiger partial charge in [-0.15, -0.1) is 0 Å². The number of aryl methyl sites for hydroxylation is 1. The Hall–Kier alpha value is -1.51. The van der Waals surface area contributed by atoms with E-state index < -0.39 is 20.6 Å². The number of nitro groups is 1. The van der Waals surface area contributed by atoms with Crippen molar-refractivity contribution in [3.05, 3.63) is 33.9 Å². The number of benzene rings is 1. The normalized spacial score (nSPS) is 23.9. The van der Waals surface area contributed by atoms with E-state index in [-0.39, 0.29) is 23.5 Å². The van der Waals surface area contributed by atoms with Crippen molar-refractivity contribution in [1.29, 1.82) is 0 Å². The number of hydrogen-bond acceptors (Lipinski definition) is 5. The second-order valence-electron chi connectivity index (χ2n) is 4.99. The van der Waals surface area contributed by atoms with Crippen molar-refractivity contribution in [2.24, 2.45) is 5.73 Å². The van der Waals surface area contributed by atoms with E-state index in [1.165, 1.54) is 16.4 Å². The molecule has 0 radical (unpaired) electrons. The van der Waals surface area contributed by atoms with Crippen LogP contribution in [0.25, 0.3) is 0 Å². The molecule has 1 fully saturated rings. The van der Waals surface area contributed by atoms with Crippen molar-refractivity contribution in [2.45, 2.75) is 37.2 Å². The van der Waals surface area contributed by atoms with Gasteiger partial charge in [0.2, 0.25) is 10.0 Å². The molecule has 0 bridgehead atoms. The van der Waals surface area contributed by atoms with Crippen LogP contribution in [0.1, 0.15) is 18.9 Å². The van der Waals surface area contributed by atoms with Crippen molar-refractivity contribution in [2.75, 3.05) is 6.54 Å². The third kappa shape index (κ3) is 2.30. The van der Waals surface area contributed by atoms with Crippen molar-refractivity contribution in [1.82, 2.24) is 4.31 Å². The lowest BCUT2D eigenvalue weighted by Crippen LogP contribution is -2.40. The molecule has 20 heavy (non-hydrogen) atoms.